The molecular formula is C11H19N5O2S. The molecular weight excluding hydrogens is 266 g/mol. The van der Waals surface area contributed by atoms with Gasteiger partial charge in [-0.15, -0.1) is 5.10 Å². The van der Waals surface area contributed by atoms with Crippen LogP contribution in [0.15, 0.2) is 5.16 Å². The molecule has 2 rings (SSSR count). The molecule has 1 atom stereocenters. The summed E-state index contributed by atoms with van der Waals surface area (Å²) < 4.78 is 6.53. The lowest BCUT2D eigenvalue weighted by atomic mass is 10.1. The van der Waals surface area contributed by atoms with Crippen LogP contribution >= 0.6 is 11.8 Å². The van der Waals surface area contributed by atoms with Crippen LogP contribution in [-0.4, -0.2) is 44.6 Å². The average Bonchev–Trinajstić information content (AvgIpc) is 3.05. The van der Waals surface area contributed by atoms with Crippen molar-refractivity contribution in [2.45, 2.75) is 49.3 Å². The van der Waals surface area contributed by atoms with Crippen LogP contribution in [0.25, 0.3) is 0 Å². The molecule has 0 aliphatic heterocycles. The van der Waals surface area contributed by atoms with Crippen LogP contribution in [-0.2, 0) is 9.53 Å². The summed E-state index contributed by atoms with van der Waals surface area (Å²) in [5, 5.41) is 12.5. The summed E-state index contributed by atoms with van der Waals surface area (Å²) in [4.78, 5) is 11.5. The Morgan fingerprint density at radius 1 is 1.58 bits per heavy atom. The minimum atomic E-state index is -1.04. The summed E-state index contributed by atoms with van der Waals surface area (Å²) in [7, 11) is 1.33. The van der Waals surface area contributed by atoms with Crippen LogP contribution in [0.4, 0.5) is 0 Å². The first-order chi connectivity index (χ1) is 9.04. The van der Waals surface area contributed by atoms with Crippen LogP contribution in [0.3, 0.4) is 0 Å². The van der Waals surface area contributed by atoms with E-state index in [-0.39, 0.29) is 0 Å². The number of nitrogens with two attached hydrogens (primary N) is 1. The van der Waals surface area contributed by atoms with Crippen molar-refractivity contribution in [1.82, 2.24) is 20.2 Å². The normalized spacial score (nSPS) is 19.3. The predicted molar refractivity (Wildman–Crippen MR) is 70.7 cm³/mol. The van der Waals surface area contributed by atoms with Gasteiger partial charge in [0.05, 0.1) is 13.2 Å². The third-order valence-electron chi connectivity index (χ3n) is 3.29. The van der Waals surface area contributed by atoms with E-state index in [1.54, 1.807) is 6.92 Å². The van der Waals surface area contributed by atoms with E-state index in [0.29, 0.717) is 17.0 Å². The minimum Gasteiger partial charge on any atom is -0.468 e. The summed E-state index contributed by atoms with van der Waals surface area (Å²) in [5.74, 6) is -0.0489. The van der Waals surface area contributed by atoms with Crippen molar-refractivity contribution in [3.05, 3.63) is 0 Å². The minimum absolute atomic E-state index is 0.375. The molecule has 2 N–H and O–H groups in total. The molecule has 0 aromatic carbocycles. The van der Waals surface area contributed by atoms with Crippen molar-refractivity contribution < 1.29 is 9.53 Å². The molecule has 1 unspecified atom stereocenters. The molecule has 0 spiro atoms. The van der Waals surface area contributed by atoms with Crippen molar-refractivity contribution in [2.24, 2.45) is 5.73 Å². The molecule has 1 heterocycles. The Labute approximate surface area is 116 Å². The van der Waals surface area contributed by atoms with Gasteiger partial charge >= 0.3 is 5.97 Å². The summed E-state index contributed by atoms with van der Waals surface area (Å²) in [6.45, 7) is 1.65. The van der Waals surface area contributed by atoms with Crippen molar-refractivity contribution >= 4 is 17.7 Å². The molecule has 0 saturated heterocycles. The van der Waals surface area contributed by atoms with Gasteiger partial charge in [0.25, 0.3) is 0 Å². The van der Waals surface area contributed by atoms with Crippen molar-refractivity contribution in [3.8, 4) is 0 Å². The highest BCUT2D eigenvalue weighted by Crippen LogP contribution is 2.31. The zero-order valence-electron chi connectivity index (χ0n) is 11.2. The van der Waals surface area contributed by atoms with Gasteiger partial charge < -0.3 is 10.5 Å². The zero-order valence-corrected chi connectivity index (χ0v) is 12.0. The summed E-state index contributed by atoms with van der Waals surface area (Å²) in [6.07, 6.45) is 4.64. The van der Waals surface area contributed by atoms with E-state index in [9.17, 15) is 4.79 Å². The number of thioether (sulfide) groups is 1. The van der Waals surface area contributed by atoms with E-state index in [0.717, 1.165) is 12.8 Å². The number of methoxy groups -OCH3 is 1. The van der Waals surface area contributed by atoms with Gasteiger partial charge in [-0.1, -0.05) is 24.6 Å². The fourth-order valence-electron chi connectivity index (χ4n) is 2.17. The molecule has 1 aromatic heterocycles. The molecule has 1 aliphatic carbocycles. The third-order valence-corrected chi connectivity index (χ3v) is 4.56. The zero-order chi connectivity index (χ0) is 13.9. The van der Waals surface area contributed by atoms with Crippen LogP contribution in [0, 0.1) is 0 Å². The summed E-state index contributed by atoms with van der Waals surface area (Å²) in [5.41, 5.74) is 4.88. The highest BCUT2D eigenvalue weighted by atomic mass is 32.2. The first-order valence-electron chi connectivity index (χ1n) is 6.32. The first-order valence-corrected chi connectivity index (χ1v) is 7.31. The molecule has 1 aromatic rings. The number of carbonyl (C=O) groups is 1. The van der Waals surface area contributed by atoms with Crippen LogP contribution < -0.4 is 5.73 Å². The Morgan fingerprint density at radius 2 is 2.26 bits per heavy atom. The van der Waals surface area contributed by atoms with E-state index in [1.807, 2.05) is 4.68 Å². The molecule has 1 fully saturated rings. The molecule has 1 aliphatic rings. The van der Waals surface area contributed by atoms with Crippen LogP contribution in [0.5, 0.6) is 0 Å². The Kier molecular flexibility index (Phi) is 4.41. The highest BCUT2D eigenvalue weighted by molar-refractivity contribution is 7.99. The lowest BCUT2D eigenvalue weighted by Gasteiger charge is -2.20. The Balaban J connectivity index is 2.00. The highest BCUT2D eigenvalue weighted by Gasteiger charge is 2.31. The van der Waals surface area contributed by atoms with Gasteiger partial charge in [0.15, 0.2) is 0 Å². The van der Waals surface area contributed by atoms with Gasteiger partial charge in [0, 0.05) is 5.75 Å². The Bertz CT molecular complexity index is 442. The quantitative estimate of drug-likeness (QED) is 0.630. The number of aromatic nitrogens is 4. The lowest BCUT2D eigenvalue weighted by Crippen LogP contribution is -2.48. The number of esters is 1. The molecule has 0 bridgehead atoms. The van der Waals surface area contributed by atoms with Gasteiger partial charge in [0.2, 0.25) is 5.16 Å². The number of rotatable bonds is 5. The number of carbonyl (C=O) groups excluding carboxylic acids is 1. The van der Waals surface area contributed by atoms with Crippen LogP contribution in [0.2, 0.25) is 0 Å². The molecule has 0 amide bonds. The standard InChI is InChI=1S/C11H19N5O2S/c1-11(12,9(17)18-2)7-19-10-13-14-15-16(10)8-5-3-4-6-8/h8H,3-7,12H2,1-2H3. The van der Waals surface area contributed by atoms with Gasteiger partial charge in [-0.25, -0.2) is 4.68 Å². The number of nitrogens with zero attached hydrogens (tertiary/aromatic N) is 4. The van der Waals surface area contributed by atoms with Gasteiger partial charge in [-0.05, 0) is 30.2 Å². The summed E-state index contributed by atoms with van der Waals surface area (Å²) >= 11 is 1.39. The smallest absolute Gasteiger partial charge is 0.326 e. The van der Waals surface area contributed by atoms with Gasteiger partial charge in [0.1, 0.15) is 5.54 Å². The fourth-order valence-corrected chi connectivity index (χ4v) is 3.12. The molecule has 8 heteroatoms. The molecule has 0 radical (unpaired) electrons. The number of hydrogen-bond acceptors (Lipinski definition) is 7. The second kappa shape index (κ2) is 5.87. The van der Waals surface area contributed by atoms with E-state index in [1.165, 1.54) is 31.7 Å². The number of tetrazole rings is 1. The SMILES string of the molecule is COC(=O)C(C)(N)CSc1nnnn1C1CCCC1. The van der Waals surface area contributed by atoms with Crippen molar-refractivity contribution in [1.29, 1.82) is 0 Å². The van der Waals surface area contributed by atoms with E-state index in [4.69, 9.17) is 5.73 Å². The Hall–Kier alpha value is -1.15. The van der Waals surface area contributed by atoms with E-state index in [2.05, 4.69) is 20.3 Å². The molecule has 19 heavy (non-hydrogen) atoms. The maximum Gasteiger partial charge on any atom is 0.326 e. The van der Waals surface area contributed by atoms with E-state index < -0.39 is 11.5 Å². The number of ether oxygens (including phenoxy) is 1. The second-order valence-corrected chi connectivity index (χ2v) is 5.98. The predicted octanol–water partition coefficient (Wildman–Crippen LogP) is 0.771. The van der Waals surface area contributed by atoms with Gasteiger partial charge in [-0.3, -0.25) is 4.79 Å². The maximum absolute atomic E-state index is 11.5. The first kappa shape index (κ1) is 14.3. The van der Waals surface area contributed by atoms with Gasteiger partial charge in [-0.2, -0.15) is 0 Å². The van der Waals surface area contributed by atoms with Crippen LogP contribution in [0.1, 0.15) is 38.6 Å². The van der Waals surface area contributed by atoms with Crippen molar-refractivity contribution in [2.75, 3.05) is 12.9 Å². The topological polar surface area (TPSA) is 95.9 Å². The fraction of sp³-hybridized carbons (Fsp3) is 0.818. The van der Waals surface area contributed by atoms with E-state index >= 15 is 0 Å². The maximum atomic E-state index is 11.5. The summed E-state index contributed by atoms with van der Waals surface area (Å²) in [6, 6.07) is 0.375. The number of hydrogen-bond donors (Lipinski definition) is 1. The largest absolute Gasteiger partial charge is 0.468 e. The second-order valence-electron chi connectivity index (χ2n) is 5.04. The Morgan fingerprint density at radius 3 is 2.89 bits per heavy atom. The van der Waals surface area contributed by atoms with Crippen molar-refractivity contribution in [3.63, 3.8) is 0 Å². The lowest BCUT2D eigenvalue weighted by molar-refractivity contribution is -0.145. The molecule has 1 saturated carbocycles. The average molecular weight is 285 g/mol. The molecule has 7 nitrogen and oxygen atoms in total. The monoisotopic (exact) mass is 285 g/mol. The molecule has 106 valence electrons. The third kappa shape index (κ3) is 3.24.